The van der Waals surface area contributed by atoms with Crippen LogP contribution in [-0.2, 0) is 16.0 Å². The summed E-state index contributed by atoms with van der Waals surface area (Å²) in [7, 11) is 0. The van der Waals surface area contributed by atoms with Crippen molar-refractivity contribution in [2.24, 2.45) is 0 Å². The Hall–Kier alpha value is -0.810. The number of aryl methyl sites for hydroxylation is 1. The molecule has 0 unspecified atom stereocenters. The minimum atomic E-state index is -0.246. The first kappa shape index (κ1) is 14.3. The number of halogens is 1. The van der Waals surface area contributed by atoms with Crippen LogP contribution in [0.3, 0.4) is 0 Å². The van der Waals surface area contributed by atoms with Gasteiger partial charge in [-0.15, -0.1) is 0 Å². The molecule has 1 heterocycles. The number of thioether (sulfide) groups is 1. The topological polar surface area (TPSA) is 52.1 Å². The number of carbonyl (C=O) groups excluding carboxylic acids is 1. The fourth-order valence-corrected chi connectivity index (χ4v) is 2.20. The first-order valence-corrected chi connectivity index (χ1v) is 6.76. The maximum Gasteiger partial charge on any atom is 0.316 e. The summed E-state index contributed by atoms with van der Waals surface area (Å²) in [5, 5.41) is 1.19. The van der Waals surface area contributed by atoms with Gasteiger partial charge in [-0.05, 0) is 13.8 Å². The maximum absolute atomic E-state index is 11.2. The molecular weight excluding hydrogens is 260 g/mol. The molecule has 1 aromatic rings. The number of carbonyl (C=O) groups is 1. The van der Waals surface area contributed by atoms with Crippen LogP contribution in [0.4, 0.5) is 0 Å². The van der Waals surface area contributed by atoms with Crippen molar-refractivity contribution in [2.45, 2.75) is 32.2 Å². The van der Waals surface area contributed by atoms with E-state index in [0.717, 1.165) is 10.6 Å². The Balaban J connectivity index is 2.76. The van der Waals surface area contributed by atoms with Crippen molar-refractivity contribution in [3.05, 3.63) is 16.5 Å². The third-order valence-corrected chi connectivity index (χ3v) is 3.46. The van der Waals surface area contributed by atoms with E-state index in [4.69, 9.17) is 16.3 Å². The van der Waals surface area contributed by atoms with Crippen molar-refractivity contribution in [1.82, 2.24) is 9.97 Å². The average molecular weight is 275 g/mol. The Bertz CT molecular complexity index is 413. The summed E-state index contributed by atoms with van der Waals surface area (Å²) in [6.07, 6.45) is 0.715. The summed E-state index contributed by atoms with van der Waals surface area (Å²) in [6.45, 7) is 5.98. The van der Waals surface area contributed by atoms with Crippen LogP contribution in [0, 0.1) is 6.92 Å². The molecule has 6 heteroatoms. The molecule has 4 nitrogen and oxygen atoms in total. The number of esters is 1. The van der Waals surface area contributed by atoms with Crippen LogP contribution in [0.2, 0.25) is 5.15 Å². The van der Waals surface area contributed by atoms with Crippen molar-refractivity contribution in [3.63, 3.8) is 0 Å². The van der Waals surface area contributed by atoms with Gasteiger partial charge in [-0.1, -0.05) is 30.3 Å². The van der Waals surface area contributed by atoms with Crippen LogP contribution in [0.15, 0.2) is 5.03 Å². The van der Waals surface area contributed by atoms with Gasteiger partial charge in [-0.2, -0.15) is 0 Å². The lowest BCUT2D eigenvalue weighted by Crippen LogP contribution is -2.07. The van der Waals surface area contributed by atoms with Crippen LogP contribution >= 0.6 is 23.4 Å². The second-order valence-corrected chi connectivity index (χ2v) is 4.63. The molecule has 0 aliphatic rings. The smallest absolute Gasteiger partial charge is 0.316 e. The molecule has 0 saturated carbocycles. The van der Waals surface area contributed by atoms with Gasteiger partial charge in [-0.3, -0.25) is 4.79 Å². The fraction of sp³-hybridized carbons (Fsp3) is 0.545. The first-order valence-electron chi connectivity index (χ1n) is 5.39. The highest BCUT2D eigenvalue weighted by molar-refractivity contribution is 7.99. The zero-order valence-corrected chi connectivity index (χ0v) is 11.7. The molecule has 0 spiro atoms. The number of rotatable bonds is 5. The zero-order chi connectivity index (χ0) is 12.8. The first-order chi connectivity index (χ1) is 8.08. The molecule has 17 heavy (non-hydrogen) atoms. The summed E-state index contributed by atoms with van der Waals surface area (Å²) in [4.78, 5) is 19.7. The summed E-state index contributed by atoms with van der Waals surface area (Å²) in [5.74, 6) is 0.683. The Morgan fingerprint density at radius 3 is 2.71 bits per heavy atom. The van der Waals surface area contributed by atoms with Crippen molar-refractivity contribution in [2.75, 3.05) is 12.4 Å². The summed E-state index contributed by atoms with van der Waals surface area (Å²) in [5.41, 5.74) is 0.804. The van der Waals surface area contributed by atoms with Crippen molar-refractivity contribution in [3.8, 4) is 0 Å². The Labute approximate surface area is 110 Å². The fourth-order valence-electron chi connectivity index (χ4n) is 1.14. The second-order valence-electron chi connectivity index (χ2n) is 3.31. The molecule has 0 aromatic carbocycles. The molecular formula is C11H15ClN2O2S. The van der Waals surface area contributed by atoms with Gasteiger partial charge in [0.2, 0.25) is 0 Å². The van der Waals surface area contributed by atoms with Crippen LogP contribution in [0.5, 0.6) is 0 Å². The van der Waals surface area contributed by atoms with Gasteiger partial charge in [0.15, 0.2) is 0 Å². The van der Waals surface area contributed by atoms with E-state index >= 15 is 0 Å². The summed E-state index contributed by atoms with van der Waals surface area (Å²) in [6, 6.07) is 0. The van der Waals surface area contributed by atoms with E-state index in [2.05, 4.69) is 9.97 Å². The Morgan fingerprint density at radius 2 is 2.12 bits per heavy atom. The highest BCUT2D eigenvalue weighted by Gasteiger charge is 2.11. The van der Waals surface area contributed by atoms with Crippen molar-refractivity contribution in [1.29, 1.82) is 0 Å². The lowest BCUT2D eigenvalue weighted by molar-refractivity contribution is -0.139. The minimum absolute atomic E-state index is 0.241. The van der Waals surface area contributed by atoms with Gasteiger partial charge in [0.1, 0.15) is 16.0 Å². The predicted octanol–water partition coefficient (Wildman–Crippen LogP) is 2.66. The van der Waals surface area contributed by atoms with Gasteiger partial charge in [0, 0.05) is 12.0 Å². The SMILES string of the molecule is CCOC(=O)CSc1nc(CC)nc(Cl)c1C. The van der Waals surface area contributed by atoms with Gasteiger partial charge < -0.3 is 4.74 Å². The number of ether oxygens (including phenoxy) is 1. The third-order valence-electron chi connectivity index (χ3n) is 2.04. The third kappa shape index (κ3) is 4.16. The lowest BCUT2D eigenvalue weighted by atomic mass is 10.3. The quantitative estimate of drug-likeness (QED) is 0.469. The molecule has 0 N–H and O–H groups in total. The van der Waals surface area contributed by atoms with Crippen LogP contribution in [0.25, 0.3) is 0 Å². The minimum Gasteiger partial charge on any atom is -0.465 e. The predicted molar refractivity (Wildman–Crippen MR) is 68.5 cm³/mol. The molecule has 0 aliphatic carbocycles. The molecule has 0 fully saturated rings. The Kier molecular flexibility index (Phi) is 5.71. The number of aromatic nitrogens is 2. The standard InChI is InChI=1S/C11H15ClN2O2S/c1-4-8-13-10(12)7(3)11(14-8)17-6-9(15)16-5-2/h4-6H2,1-3H3. The van der Waals surface area contributed by atoms with E-state index in [1.165, 1.54) is 11.8 Å². The number of nitrogens with zero attached hydrogens (tertiary/aromatic N) is 2. The van der Waals surface area contributed by atoms with Gasteiger partial charge in [0.05, 0.1) is 12.4 Å². The van der Waals surface area contributed by atoms with Crippen LogP contribution in [0.1, 0.15) is 25.2 Å². The largest absolute Gasteiger partial charge is 0.465 e. The number of hydrogen-bond donors (Lipinski definition) is 0. The molecule has 0 atom stereocenters. The van der Waals surface area contributed by atoms with Gasteiger partial charge >= 0.3 is 5.97 Å². The van der Waals surface area contributed by atoms with E-state index in [1.807, 2.05) is 13.8 Å². The van der Waals surface area contributed by atoms with E-state index < -0.39 is 0 Å². The lowest BCUT2D eigenvalue weighted by Gasteiger charge is -2.07. The van der Waals surface area contributed by atoms with E-state index in [9.17, 15) is 4.79 Å². The zero-order valence-electron chi connectivity index (χ0n) is 10.1. The molecule has 1 aromatic heterocycles. The van der Waals surface area contributed by atoms with E-state index in [0.29, 0.717) is 24.0 Å². The Morgan fingerprint density at radius 1 is 1.41 bits per heavy atom. The highest BCUT2D eigenvalue weighted by atomic mass is 35.5. The molecule has 94 valence electrons. The van der Waals surface area contributed by atoms with E-state index in [1.54, 1.807) is 6.92 Å². The number of hydrogen-bond acceptors (Lipinski definition) is 5. The summed E-state index contributed by atoms with van der Waals surface area (Å²) < 4.78 is 4.85. The highest BCUT2D eigenvalue weighted by Crippen LogP contribution is 2.25. The van der Waals surface area contributed by atoms with Crippen molar-refractivity contribution < 1.29 is 9.53 Å². The normalized spacial score (nSPS) is 10.4. The molecule has 0 radical (unpaired) electrons. The molecule has 0 aliphatic heterocycles. The van der Waals surface area contributed by atoms with Gasteiger partial charge in [-0.25, -0.2) is 9.97 Å². The monoisotopic (exact) mass is 274 g/mol. The van der Waals surface area contributed by atoms with Crippen LogP contribution in [-0.4, -0.2) is 28.3 Å². The second kappa shape index (κ2) is 6.81. The molecule has 1 rings (SSSR count). The average Bonchev–Trinajstić information content (AvgIpc) is 2.31. The summed E-state index contributed by atoms with van der Waals surface area (Å²) >= 11 is 7.32. The molecule has 0 saturated heterocycles. The van der Waals surface area contributed by atoms with Crippen molar-refractivity contribution >= 4 is 29.3 Å². The molecule has 0 bridgehead atoms. The van der Waals surface area contributed by atoms with Crippen LogP contribution < -0.4 is 0 Å². The van der Waals surface area contributed by atoms with Gasteiger partial charge in [0.25, 0.3) is 0 Å². The molecule has 0 amide bonds. The maximum atomic E-state index is 11.2. The van der Waals surface area contributed by atoms with E-state index in [-0.39, 0.29) is 11.7 Å².